The number of nitrogens with zero attached hydrogens (tertiary/aromatic N) is 1. The van der Waals surface area contributed by atoms with Crippen molar-refractivity contribution in [1.82, 2.24) is 20.9 Å². The van der Waals surface area contributed by atoms with Crippen LogP contribution in [0.25, 0.3) is 11.3 Å². The summed E-state index contributed by atoms with van der Waals surface area (Å²) in [6.07, 6.45) is 6.51. The first-order valence-electron chi connectivity index (χ1n) is 10.1. The molecule has 0 saturated carbocycles. The minimum atomic E-state index is -0.00675. The summed E-state index contributed by atoms with van der Waals surface area (Å²) < 4.78 is 0. The van der Waals surface area contributed by atoms with Gasteiger partial charge in [-0.05, 0) is 41.8 Å². The molecule has 0 spiro atoms. The summed E-state index contributed by atoms with van der Waals surface area (Å²) >= 11 is 6.09. The molecule has 2 aliphatic heterocycles. The maximum absolute atomic E-state index is 11.9. The maximum atomic E-state index is 11.9. The van der Waals surface area contributed by atoms with Crippen molar-refractivity contribution in [2.24, 2.45) is 0 Å². The Hall–Kier alpha value is -3.02. The average molecular weight is 421 g/mol. The molecule has 2 aromatic carbocycles. The average Bonchev–Trinajstić information content (AvgIpc) is 3.13. The van der Waals surface area contributed by atoms with Crippen LogP contribution in [0.5, 0.6) is 0 Å². The number of halogens is 1. The minimum Gasteiger partial charge on any atom is -0.360 e. The molecular formula is C24H25ClN4O. The molecule has 0 fully saturated rings. The van der Waals surface area contributed by atoms with Gasteiger partial charge >= 0.3 is 0 Å². The highest BCUT2D eigenvalue weighted by Crippen LogP contribution is 2.33. The third-order valence-electron chi connectivity index (χ3n) is 5.12. The SMILES string of the molecule is CCNC(=O)CNCC1=C(c2ccc(Cl)cc2)NC2C=CC(c3ccccc3)=CN12. The first-order valence-corrected chi connectivity index (χ1v) is 10.5. The Morgan fingerprint density at radius 1 is 1.10 bits per heavy atom. The maximum Gasteiger partial charge on any atom is 0.233 e. The van der Waals surface area contributed by atoms with Gasteiger partial charge in [-0.1, -0.05) is 60.1 Å². The number of carbonyl (C=O) groups is 1. The standard InChI is InChI=1S/C24H25ClN4O/c1-2-27-23(30)15-26-14-21-24(18-8-11-20(25)12-9-18)28-22-13-10-19(16-29(21)22)17-6-4-3-5-7-17/h3-13,16,22,26,28H,2,14-15H2,1H3,(H,27,30). The minimum absolute atomic E-state index is 0.00675. The molecule has 154 valence electrons. The van der Waals surface area contributed by atoms with Crippen LogP contribution in [0.3, 0.4) is 0 Å². The molecule has 2 aromatic rings. The van der Waals surface area contributed by atoms with E-state index in [1.54, 1.807) is 0 Å². The van der Waals surface area contributed by atoms with Crippen LogP contribution in [-0.2, 0) is 4.79 Å². The molecule has 30 heavy (non-hydrogen) atoms. The molecule has 0 aliphatic carbocycles. The number of nitrogens with one attached hydrogen (secondary N) is 3. The number of hydrogen-bond acceptors (Lipinski definition) is 4. The summed E-state index contributed by atoms with van der Waals surface area (Å²) in [4.78, 5) is 14.1. The summed E-state index contributed by atoms with van der Waals surface area (Å²) in [6.45, 7) is 3.38. The molecule has 1 amide bonds. The lowest BCUT2D eigenvalue weighted by Gasteiger charge is -2.27. The van der Waals surface area contributed by atoms with Gasteiger partial charge in [-0.2, -0.15) is 0 Å². The van der Waals surface area contributed by atoms with Crippen LogP contribution in [0.4, 0.5) is 0 Å². The van der Waals surface area contributed by atoms with Crippen LogP contribution >= 0.6 is 11.6 Å². The third kappa shape index (κ3) is 4.42. The van der Waals surface area contributed by atoms with Crippen molar-refractivity contribution >= 4 is 28.8 Å². The van der Waals surface area contributed by atoms with Crippen molar-refractivity contribution in [2.75, 3.05) is 19.6 Å². The fourth-order valence-electron chi connectivity index (χ4n) is 3.69. The van der Waals surface area contributed by atoms with E-state index in [2.05, 4.69) is 51.3 Å². The van der Waals surface area contributed by atoms with Crippen LogP contribution in [0.1, 0.15) is 18.1 Å². The first-order chi connectivity index (χ1) is 14.7. The number of rotatable bonds is 7. The van der Waals surface area contributed by atoms with E-state index in [4.69, 9.17) is 11.6 Å². The summed E-state index contributed by atoms with van der Waals surface area (Å²) in [5, 5.41) is 10.4. The van der Waals surface area contributed by atoms with Crippen molar-refractivity contribution in [3.05, 3.63) is 94.8 Å². The molecule has 1 atom stereocenters. The van der Waals surface area contributed by atoms with Crippen molar-refractivity contribution in [3.63, 3.8) is 0 Å². The lowest BCUT2D eigenvalue weighted by molar-refractivity contribution is -0.120. The predicted molar refractivity (Wildman–Crippen MR) is 122 cm³/mol. The van der Waals surface area contributed by atoms with E-state index in [0.717, 1.165) is 22.5 Å². The predicted octanol–water partition coefficient (Wildman–Crippen LogP) is 3.58. The van der Waals surface area contributed by atoms with Gasteiger partial charge < -0.3 is 20.9 Å². The molecular weight excluding hydrogens is 396 g/mol. The Morgan fingerprint density at radius 3 is 2.60 bits per heavy atom. The molecule has 0 saturated heterocycles. The van der Waals surface area contributed by atoms with Gasteiger partial charge in [0.15, 0.2) is 0 Å². The second-order valence-electron chi connectivity index (χ2n) is 7.19. The van der Waals surface area contributed by atoms with Crippen molar-refractivity contribution < 1.29 is 4.79 Å². The van der Waals surface area contributed by atoms with Gasteiger partial charge in [-0.3, -0.25) is 4.79 Å². The molecule has 2 heterocycles. The summed E-state index contributed by atoms with van der Waals surface area (Å²) in [7, 11) is 0. The Labute approximate surface area is 182 Å². The van der Waals surface area contributed by atoms with E-state index in [1.807, 2.05) is 49.4 Å². The second kappa shape index (κ2) is 9.20. The first kappa shape index (κ1) is 20.3. The number of likely N-dealkylation sites (N-methyl/N-ethyl adjacent to an activating group) is 1. The lowest BCUT2D eigenvalue weighted by Crippen LogP contribution is -2.38. The number of amides is 1. The largest absolute Gasteiger partial charge is 0.360 e. The fourth-order valence-corrected chi connectivity index (χ4v) is 3.81. The third-order valence-corrected chi connectivity index (χ3v) is 5.37. The highest BCUT2D eigenvalue weighted by Gasteiger charge is 2.31. The monoisotopic (exact) mass is 420 g/mol. The van der Waals surface area contributed by atoms with Gasteiger partial charge in [0.1, 0.15) is 6.17 Å². The van der Waals surface area contributed by atoms with Crippen molar-refractivity contribution in [2.45, 2.75) is 13.1 Å². The highest BCUT2D eigenvalue weighted by atomic mass is 35.5. The van der Waals surface area contributed by atoms with E-state index >= 15 is 0 Å². The van der Waals surface area contributed by atoms with Crippen LogP contribution in [-0.4, -0.2) is 36.6 Å². The second-order valence-corrected chi connectivity index (χ2v) is 7.63. The molecule has 0 bridgehead atoms. The van der Waals surface area contributed by atoms with Gasteiger partial charge in [-0.15, -0.1) is 0 Å². The van der Waals surface area contributed by atoms with Gasteiger partial charge in [0.2, 0.25) is 5.91 Å². The van der Waals surface area contributed by atoms with E-state index in [9.17, 15) is 4.79 Å². The van der Waals surface area contributed by atoms with Gasteiger partial charge in [0, 0.05) is 24.3 Å². The van der Waals surface area contributed by atoms with Gasteiger partial charge in [-0.25, -0.2) is 0 Å². The smallest absolute Gasteiger partial charge is 0.233 e. The summed E-state index contributed by atoms with van der Waals surface area (Å²) in [5.74, 6) is -0.00675. The number of benzene rings is 2. The van der Waals surface area contributed by atoms with Crippen LogP contribution in [0, 0.1) is 0 Å². The zero-order chi connectivity index (χ0) is 20.9. The number of carbonyl (C=O) groups excluding carboxylic acids is 1. The Kier molecular flexibility index (Phi) is 6.21. The molecule has 4 rings (SSSR count). The van der Waals surface area contributed by atoms with Crippen LogP contribution < -0.4 is 16.0 Å². The number of hydrogen-bond donors (Lipinski definition) is 3. The number of fused-ring (bicyclic) bond motifs is 1. The zero-order valence-corrected chi connectivity index (χ0v) is 17.6. The van der Waals surface area contributed by atoms with E-state index in [-0.39, 0.29) is 18.6 Å². The highest BCUT2D eigenvalue weighted by molar-refractivity contribution is 6.30. The summed E-state index contributed by atoms with van der Waals surface area (Å²) in [5.41, 5.74) is 5.50. The van der Waals surface area contributed by atoms with E-state index in [0.29, 0.717) is 18.1 Å². The Morgan fingerprint density at radius 2 is 1.87 bits per heavy atom. The normalized spacial score (nSPS) is 17.5. The zero-order valence-electron chi connectivity index (χ0n) is 16.9. The quantitative estimate of drug-likeness (QED) is 0.641. The fraction of sp³-hybridized carbons (Fsp3) is 0.208. The molecule has 5 nitrogen and oxygen atoms in total. The van der Waals surface area contributed by atoms with Gasteiger partial charge in [0.05, 0.1) is 17.9 Å². The molecule has 2 aliphatic rings. The van der Waals surface area contributed by atoms with Crippen molar-refractivity contribution in [1.29, 1.82) is 0 Å². The molecule has 6 heteroatoms. The molecule has 0 radical (unpaired) electrons. The van der Waals surface area contributed by atoms with Crippen LogP contribution in [0.15, 0.2) is 78.6 Å². The number of allylic oxidation sites excluding steroid dienone is 2. The Bertz CT molecular complexity index is 996. The topological polar surface area (TPSA) is 56.4 Å². The lowest BCUT2D eigenvalue weighted by atomic mass is 10.0. The van der Waals surface area contributed by atoms with Gasteiger partial charge in [0.25, 0.3) is 0 Å². The van der Waals surface area contributed by atoms with Crippen molar-refractivity contribution in [3.8, 4) is 0 Å². The van der Waals surface area contributed by atoms with E-state index in [1.165, 1.54) is 5.56 Å². The van der Waals surface area contributed by atoms with E-state index < -0.39 is 0 Å². The molecule has 0 aromatic heterocycles. The molecule has 1 unspecified atom stereocenters. The Balaban J connectivity index is 1.63. The van der Waals surface area contributed by atoms with Crippen LogP contribution in [0.2, 0.25) is 5.02 Å². The molecule has 3 N–H and O–H groups in total. The summed E-state index contributed by atoms with van der Waals surface area (Å²) in [6, 6.07) is 18.1.